The zero-order chi connectivity index (χ0) is 12.2. The van der Waals surface area contributed by atoms with Gasteiger partial charge in [-0.25, -0.2) is 4.39 Å². The Bertz CT molecular complexity index is 397. The maximum Gasteiger partial charge on any atom is 1.00 e. The average Bonchev–Trinajstić information content (AvgIpc) is 2.16. The van der Waals surface area contributed by atoms with Crippen molar-refractivity contribution in [2.24, 2.45) is 0 Å². The van der Waals surface area contributed by atoms with Crippen molar-refractivity contribution in [1.82, 2.24) is 0 Å². The Morgan fingerprint density at radius 2 is 1.94 bits per heavy atom. The van der Waals surface area contributed by atoms with Crippen LogP contribution in [0.2, 0.25) is 0 Å². The van der Waals surface area contributed by atoms with Gasteiger partial charge in [-0.05, 0) is 12.1 Å². The van der Waals surface area contributed by atoms with Crippen LogP contribution in [0, 0.1) is 5.82 Å². The van der Waals surface area contributed by atoms with Crippen LogP contribution in [-0.4, -0.2) is 13.6 Å². The Balaban J connectivity index is 0.00000256. The minimum atomic E-state index is -5.33. The molecule has 0 bridgehead atoms. The van der Waals surface area contributed by atoms with E-state index in [1.54, 1.807) is 0 Å². The Morgan fingerprint density at radius 1 is 1.29 bits per heavy atom. The van der Waals surface area contributed by atoms with Crippen LogP contribution in [0.3, 0.4) is 0 Å². The second-order valence-corrected chi connectivity index (χ2v) is 3.18. The molecule has 1 aromatic rings. The maximum absolute atomic E-state index is 13.0. The van der Waals surface area contributed by atoms with Crippen LogP contribution in [0.25, 0.3) is 0 Å². The SMILES string of the molecule is Fc1cc(OC/C=C/Cl)ccc1[B-](F)(F)F.[K+]. The molecule has 0 amide bonds. The first kappa shape index (κ1) is 17.5. The summed E-state index contributed by atoms with van der Waals surface area (Å²) in [5.41, 5.74) is -0.0518. The molecule has 0 aliphatic carbocycles. The molecule has 0 aromatic heterocycles. The van der Waals surface area contributed by atoms with Crippen molar-refractivity contribution in [2.45, 2.75) is 0 Å². The van der Waals surface area contributed by atoms with E-state index >= 15 is 0 Å². The molecule has 1 nitrogen and oxygen atoms in total. The number of halogens is 5. The summed E-state index contributed by atoms with van der Waals surface area (Å²) in [7, 11) is 0. The summed E-state index contributed by atoms with van der Waals surface area (Å²) in [6.45, 7) is -5.26. The van der Waals surface area contributed by atoms with Crippen molar-refractivity contribution in [3.05, 3.63) is 35.6 Å². The number of hydrogen-bond donors (Lipinski definition) is 0. The third kappa shape index (κ3) is 5.76. The van der Waals surface area contributed by atoms with Gasteiger partial charge in [0.05, 0.1) is 5.82 Å². The second kappa shape index (κ2) is 7.81. The van der Waals surface area contributed by atoms with Gasteiger partial charge in [-0.2, -0.15) is 0 Å². The molecule has 0 heterocycles. The zero-order valence-corrected chi connectivity index (χ0v) is 12.8. The molecule has 8 heteroatoms. The first-order valence-electron chi connectivity index (χ1n) is 4.32. The first-order valence-corrected chi connectivity index (χ1v) is 4.76. The van der Waals surface area contributed by atoms with Crippen LogP contribution in [0.1, 0.15) is 0 Å². The van der Waals surface area contributed by atoms with E-state index in [0.29, 0.717) is 12.1 Å². The summed E-state index contributed by atoms with van der Waals surface area (Å²) in [4.78, 5) is 0. The van der Waals surface area contributed by atoms with Crippen molar-refractivity contribution >= 4 is 24.0 Å². The Labute approximate surface area is 144 Å². The molecular formula is C9H7BClF4KO. The maximum atomic E-state index is 13.0. The van der Waals surface area contributed by atoms with Gasteiger partial charge < -0.3 is 17.7 Å². The van der Waals surface area contributed by atoms with Crippen LogP contribution < -0.4 is 61.6 Å². The van der Waals surface area contributed by atoms with Gasteiger partial charge in [0.1, 0.15) is 12.4 Å². The van der Waals surface area contributed by atoms with Gasteiger partial charge >= 0.3 is 58.4 Å². The Kier molecular flexibility index (Phi) is 8.02. The molecule has 0 N–H and O–H groups in total. The second-order valence-electron chi connectivity index (χ2n) is 2.93. The predicted molar refractivity (Wildman–Crippen MR) is 55.6 cm³/mol. The van der Waals surface area contributed by atoms with Crippen LogP contribution in [0.4, 0.5) is 17.3 Å². The van der Waals surface area contributed by atoms with Gasteiger partial charge in [0.25, 0.3) is 0 Å². The van der Waals surface area contributed by atoms with E-state index < -0.39 is 18.3 Å². The van der Waals surface area contributed by atoms with Crippen molar-refractivity contribution in [1.29, 1.82) is 0 Å². The minimum Gasteiger partial charge on any atom is -0.489 e. The van der Waals surface area contributed by atoms with E-state index in [-0.39, 0.29) is 63.7 Å². The normalized spacial score (nSPS) is 11.4. The number of ether oxygens (including phenoxy) is 1. The fourth-order valence-corrected chi connectivity index (χ4v) is 1.12. The van der Waals surface area contributed by atoms with Gasteiger partial charge in [-0.3, -0.25) is 0 Å². The molecule has 1 rings (SSSR count). The van der Waals surface area contributed by atoms with Gasteiger partial charge in [-0.15, -0.1) is 0 Å². The molecule has 0 radical (unpaired) electrons. The van der Waals surface area contributed by atoms with Gasteiger partial charge in [-0.1, -0.05) is 23.1 Å². The molecule has 0 saturated carbocycles. The molecule has 0 spiro atoms. The molecule has 0 aliphatic rings. The average molecular weight is 293 g/mol. The third-order valence-electron chi connectivity index (χ3n) is 1.76. The summed E-state index contributed by atoms with van der Waals surface area (Å²) < 4.78 is 54.7. The van der Waals surface area contributed by atoms with Crippen LogP contribution >= 0.6 is 11.6 Å². The molecule has 1 aromatic carbocycles. The minimum absolute atomic E-state index is 0. The van der Waals surface area contributed by atoms with Crippen LogP contribution in [-0.2, 0) is 0 Å². The molecule has 0 fully saturated rings. The van der Waals surface area contributed by atoms with Gasteiger partial charge in [0.2, 0.25) is 0 Å². The zero-order valence-electron chi connectivity index (χ0n) is 8.97. The largest absolute Gasteiger partial charge is 1.00 e. The van der Waals surface area contributed by atoms with Gasteiger partial charge in [0.15, 0.2) is 0 Å². The van der Waals surface area contributed by atoms with Gasteiger partial charge in [0, 0.05) is 11.6 Å². The van der Waals surface area contributed by atoms with Crippen molar-refractivity contribution in [2.75, 3.05) is 6.61 Å². The van der Waals surface area contributed by atoms with Crippen molar-refractivity contribution in [3.63, 3.8) is 0 Å². The number of rotatable bonds is 4. The molecule has 17 heavy (non-hydrogen) atoms. The molecule has 0 saturated heterocycles. The van der Waals surface area contributed by atoms with Crippen LogP contribution in [0.15, 0.2) is 29.8 Å². The fourth-order valence-electron chi connectivity index (χ4n) is 1.04. The quantitative estimate of drug-likeness (QED) is 0.561. The molecule has 0 unspecified atom stereocenters. The summed E-state index contributed by atoms with van der Waals surface area (Å²) >= 11 is 5.20. The van der Waals surface area contributed by atoms with Crippen LogP contribution in [0.5, 0.6) is 5.75 Å². The third-order valence-corrected chi connectivity index (χ3v) is 1.94. The molecule has 88 valence electrons. The topological polar surface area (TPSA) is 9.23 Å². The Morgan fingerprint density at radius 3 is 2.41 bits per heavy atom. The van der Waals surface area contributed by atoms with E-state index in [9.17, 15) is 17.3 Å². The van der Waals surface area contributed by atoms with Crippen molar-refractivity contribution < 1.29 is 73.5 Å². The molecule has 0 atom stereocenters. The fraction of sp³-hybridized carbons (Fsp3) is 0.111. The molecule has 0 aliphatic heterocycles. The van der Waals surface area contributed by atoms with E-state index in [1.165, 1.54) is 11.6 Å². The predicted octanol–water partition coefficient (Wildman–Crippen LogP) is 0.0154. The first-order chi connectivity index (χ1) is 7.45. The standard InChI is InChI=1S/C9H7BClF4O.K/c11-4-1-5-16-7-2-3-8(9(12)6-7)10(13,14)15;/h1-4,6H,5H2;/q-1;+1/b4-1+;. The summed E-state index contributed by atoms with van der Waals surface area (Å²) in [6.07, 6.45) is 1.43. The molecular weight excluding hydrogens is 285 g/mol. The summed E-state index contributed by atoms with van der Waals surface area (Å²) in [5, 5.41) is 0. The number of hydrogen-bond acceptors (Lipinski definition) is 1. The van der Waals surface area contributed by atoms with E-state index in [0.717, 1.165) is 6.07 Å². The van der Waals surface area contributed by atoms with E-state index in [2.05, 4.69) is 0 Å². The van der Waals surface area contributed by atoms with E-state index in [1.807, 2.05) is 0 Å². The monoisotopic (exact) mass is 292 g/mol. The Hall–Kier alpha value is 0.471. The number of benzene rings is 1. The summed E-state index contributed by atoms with van der Waals surface area (Å²) in [6, 6.07) is 2.43. The van der Waals surface area contributed by atoms with Crippen molar-refractivity contribution in [3.8, 4) is 5.75 Å². The smallest absolute Gasteiger partial charge is 0.489 e. The van der Waals surface area contributed by atoms with E-state index in [4.69, 9.17) is 16.3 Å². The summed E-state index contributed by atoms with van der Waals surface area (Å²) in [5.74, 6) is -1.31.